The molecule has 0 amide bonds. The van der Waals surface area contributed by atoms with Gasteiger partial charge in [0, 0.05) is 17.3 Å². The zero-order valence-corrected chi connectivity index (χ0v) is 19.4. The number of hydrogen-bond donors (Lipinski definition) is 2. The van der Waals surface area contributed by atoms with Gasteiger partial charge in [0.25, 0.3) is 0 Å². The lowest BCUT2D eigenvalue weighted by Crippen LogP contribution is -2.41. The van der Waals surface area contributed by atoms with E-state index in [1.54, 1.807) is 18.4 Å². The van der Waals surface area contributed by atoms with Crippen LogP contribution in [0.3, 0.4) is 0 Å². The fraction of sp³-hybridized carbons (Fsp3) is 0.455. The number of benzene rings is 1. The van der Waals surface area contributed by atoms with Gasteiger partial charge >= 0.3 is 13.3 Å². The molecular formula is C22H27BF3N5O2. The number of halogens is 3. The molecule has 1 aliphatic rings. The Labute approximate surface area is 190 Å². The van der Waals surface area contributed by atoms with Gasteiger partial charge < -0.3 is 20.4 Å². The first-order valence-corrected chi connectivity index (χ1v) is 10.6. The number of fused-ring (bicyclic) bond motifs is 1. The predicted molar refractivity (Wildman–Crippen MR) is 121 cm³/mol. The SMILES string of the molecule is Cc1nc(N[C@H](C)c2cc(N)cc(C(F)(F)F)c2)c2cc(B3OC(C)(C)C(C)(C)O3)cn2n1. The van der Waals surface area contributed by atoms with E-state index < -0.39 is 36.1 Å². The number of rotatable bonds is 4. The van der Waals surface area contributed by atoms with E-state index in [-0.39, 0.29) is 5.69 Å². The maximum Gasteiger partial charge on any atom is 0.496 e. The molecular weight excluding hydrogens is 434 g/mol. The van der Waals surface area contributed by atoms with Gasteiger partial charge in [-0.1, -0.05) is 0 Å². The van der Waals surface area contributed by atoms with Gasteiger partial charge in [0.05, 0.1) is 22.8 Å². The van der Waals surface area contributed by atoms with E-state index in [0.29, 0.717) is 22.7 Å². The third kappa shape index (κ3) is 4.39. The van der Waals surface area contributed by atoms with Crippen LogP contribution in [0.2, 0.25) is 0 Å². The van der Waals surface area contributed by atoms with Crippen LogP contribution in [0, 0.1) is 6.92 Å². The minimum Gasteiger partial charge on any atom is -0.399 e. The summed E-state index contributed by atoms with van der Waals surface area (Å²) in [4.78, 5) is 4.48. The Morgan fingerprint density at radius 1 is 1.09 bits per heavy atom. The van der Waals surface area contributed by atoms with Crippen LogP contribution in [0.5, 0.6) is 0 Å². The third-order valence-corrected chi connectivity index (χ3v) is 6.27. The molecule has 2 aromatic heterocycles. The van der Waals surface area contributed by atoms with E-state index >= 15 is 0 Å². The summed E-state index contributed by atoms with van der Waals surface area (Å²) in [6.07, 6.45) is -2.67. The average Bonchev–Trinajstić information content (AvgIpc) is 3.18. The van der Waals surface area contributed by atoms with Gasteiger partial charge in [0.1, 0.15) is 11.3 Å². The molecule has 33 heavy (non-hydrogen) atoms. The summed E-state index contributed by atoms with van der Waals surface area (Å²) in [6.45, 7) is 11.4. The second-order valence-corrected chi connectivity index (χ2v) is 9.45. The molecule has 1 aliphatic heterocycles. The number of hydrogen-bond acceptors (Lipinski definition) is 6. The second kappa shape index (κ2) is 7.63. The Kier molecular flexibility index (Phi) is 5.40. The Balaban J connectivity index is 1.67. The highest BCUT2D eigenvalue weighted by atomic mass is 19.4. The largest absolute Gasteiger partial charge is 0.496 e. The van der Waals surface area contributed by atoms with Crippen molar-refractivity contribution in [2.24, 2.45) is 0 Å². The Morgan fingerprint density at radius 2 is 1.73 bits per heavy atom. The topological polar surface area (TPSA) is 86.7 Å². The van der Waals surface area contributed by atoms with Gasteiger partial charge in [-0.05, 0) is 71.4 Å². The van der Waals surface area contributed by atoms with E-state index in [2.05, 4.69) is 15.4 Å². The van der Waals surface area contributed by atoms with Crippen LogP contribution in [0.15, 0.2) is 30.5 Å². The summed E-state index contributed by atoms with van der Waals surface area (Å²) >= 11 is 0. The van der Waals surface area contributed by atoms with Crippen LogP contribution in [0.25, 0.3) is 5.52 Å². The molecule has 1 aromatic carbocycles. The normalized spacial score (nSPS) is 18.6. The Morgan fingerprint density at radius 3 is 2.33 bits per heavy atom. The van der Waals surface area contributed by atoms with Crippen molar-refractivity contribution in [3.63, 3.8) is 0 Å². The molecule has 0 unspecified atom stereocenters. The molecule has 0 spiro atoms. The number of nitrogens with zero attached hydrogens (tertiary/aromatic N) is 3. The molecule has 3 aromatic rings. The molecule has 0 bridgehead atoms. The number of nitrogen functional groups attached to an aromatic ring is 1. The van der Waals surface area contributed by atoms with Crippen LogP contribution in [-0.2, 0) is 15.5 Å². The Bertz CT molecular complexity index is 1190. The number of anilines is 2. The van der Waals surface area contributed by atoms with Crippen molar-refractivity contribution >= 4 is 29.6 Å². The van der Waals surface area contributed by atoms with Crippen molar-refractivity contribution in [1.29, 1.82) is 0 Å². The van der Waals surface area contributed by atoms with Crippen molar-refractivity contribution in [2.75, 3.05) is 11.1 Å². The third-order valence-electron chi connectivity index (χ3n) is 6.27. The van der Waals surface area contributed by atoms with Crippen molar-refractivity contribution in [3.8, 4) is 0 Å². The van der Waals surface area contributed by atoms with Gasteiger partial charge in [-0.15, -0.1) is 0 Å². The standard InChI is InChI=1S/C22H27BF3N5O2/c1-12(14-7-15(22(24,25)26)9-17(27)8-14)28-19-18-10-16(11-31(18)30-13(2)29-19)23-32-20(3,4)21(5,6)33-23/h7-12H,27H2,1-6H3,(H,28,29,30)/t12-/m1/s1. The first-order valence-electron chi connectivity index (χ1n) is 10.6. The molecule has 11 heteroatoms. The predicted octanol–water partition coefficient (Wildman–Crippen LogP) is 4.11. The minimum absolute atomic E-state index is 0.0447. The van der Waals surface area contributed by atoms with Crippen molar-refractivity contribution < 1.29 is 22.5 Å². The molecule has 176 valence electrons. The van der Waals surface area contributed by atoms with Crippen LogP contribution in [0.4, 0.5) is 24.7 Å². The van der Waals surface area contributed by atoms with Gasteiger partial charge in [-0.2, -0.15) is 18.3 Å². The number of aryl methyl sites for hydroxylation is 1. The monoisotopic (exact) mass is 461 g/mol. The Hall–Kier alpha value is -2.79. The zero-order valence-electron chi connectivity index (χ0n) is 19.4. The van der Waals surface area contributed by atoms with Gasteiger partial charge in [0.15, 0.2) is 5.82 Å². The van der Waals surface area contributed by atoms with Gasteiger partial charge in [-0.25, -0.2) is 9.50 Å². The summed E-state index contributed by atoms with van der Waals surface area (Å²) in [5.41, 5.74) is 5.82. The van der Waals surface area contributed by atoms with Crippen molar-refractivity contribution in [2.45, 2.75) is 65.0 Å². The highest BCUT2D eigenvalue weighted by molar-refractivity contribution is 6.62. The number of nitrogens with two attached hydrogens (primary N) is 1. The quantitative estimate of drug-likeness (QED) is 0.449. The lowest BCUT2D eigenvalue weighted by atomic mass is 9.81. The lowest BCUT2D eigenvalue weighted by Gasteiger charge is -2.32. The highest BCUT2D eigenvalue weighted by Gasteiger charge is 2.52. The molecule has 0 aliphatic carbocycles. The molecule has 3 N–H and O–H groups in total. The molecule has 4 rings (SSSR count). The zero-order chi connectivity index (χ0) is 24.3. The summed E-state index contributed by atoms with van der Waals surface area (Å²) in [6, 6.07) is 4.90. The second-order valence-electron chi connectivity index (χ2n) is 9.45. The van der Waals surface area contributed by atoms with Crippen LogP contribution in [-0.4, -0.2) is 32.9 Å². The number of nitrogens with one attached hydrogen (secondary N) is 1. The van der Waals surface area contributed by atoms with Crippen LogP contribution >= 0.6 is 0 Å². The first-order chi connectivity index (χ1) is 15.2. The summed E-state index contributed by atoms with van der Waals surface area (Å²) < 4.78 is 53.6. The van der Waals surface area contributed by atoms with E-state index in [4.69, 9.17) is 15.0 Å². The number of alkyl halides is 3. The first kappa shape index (κ1) is 23.4. The van der Waals surface area contributed by atoms with E-state index in [9.17, 15) is 13.2 Å². The molecule has 1 fully saturated rings. The van der Waals surface area contributed by atoms with E-state index in [0.717, 1.165) is 17.6 Å². The highest BCUT2D eigenvalue weighted by Crippen LogP contribution is 2.37. The molecule has 3 heterocycles. The fourth-order valence-electron chi connectivity index (χ4n) is 3.72. The summed E-state index contributed by atoms with van der Waals surface area (Å²) in [5, 5.41) is 7.64. The average molecular weight is 461 g/mol. The van der Waals surface area contributed by atoms with E-state index in [1.807, 2.05) is 40.0 Å². The van der Waals surface area contributed by atoms with Gasteiger partial charge in [-0.3, -0.25) is 0 Å². The maximum absolute atomic E-state index is 13.2. The van der Waals surface area contributed by atoms with Crippen molar-refractivity contribution in [1.82, 2.24) is 14.6 Å². The molecule has 0 saturated carbocycles. The lowest BCUT2D eigenvalue weighted by molar-refractivity contribution is -0.137. The fourth-order valence-corrected chi connectivity index (χ4v) is 3.72. The van der Waals surface area contributed by atoms with Crippen molar-refractivity contribution in [3.05, 3.63) is 47.4 Å². The van der Waals surface area contributed by atoms with Crippen LogP contribution < -0.4 is 16.5 Å². The minimum atomic E-state index is -4.48. The van der Waals surface area contributed by atoms with E-state index in [1.165, 1.54) is 6.07 Å². The summed E-state index contributed by atoms with van der Waals surface area (Å²) in [7, 11) is -0.578. The maximum atomic E-state index is 13.2. The molecule has 1 atom stereocenters. The molecule has 1 saturated heterocycles. The molecule has 0 radical (unpaired) electrons. The smallest absolute Gasteiger partial charge is 0.399 e. The van der Waals surface area contributed by atoms with Gasteiger partial charge in [0.2, 0.25) is 0 Å². The molecule has 7 nitrogen and oxygen atoms in total. The van der Waals surface area contributed by atoms with Crippen LogP contribution in [0.1, 0.15) is 57.6 Å². The number of aromatic nitrogens is 3. The summed E-state index contributed by atoms with van der Waals surface area (Å²) in [5.74, 6) is 0.977.